The Labute approximate surface area is 236 Å². The molecule has 0 unspecified atom stereocenters. The van der Waals surface area contributed by atoms with Crippen molar-refractivity contribution < 1.29 is 14.0 Å². The molecular weight excluding hydrogens is 524 g/mol. The molecule has 0 spiro atoms. The first-order chi connectivity index (χ1) is 19.2. The van der Waals surface area contributed by atoms with Crippen LogP contribution in [0.5, 0.6) is 0 Å². The lowest BCUT2D eigenvalue weighted by molar-refractivity contribution is 0.100. The van der Waals surface area contributed by atoms with Crippen LogP contribution >= 0.6 is 11.3 Å². The largest absolute Gasteiger partial charge is 0.440 e. The number of hydrogen-bond acceptors (Lipinski definition) is 8. The number of ketones is 1. The molecule has 0 atom stereocenters. The number of amides is 1. The van der Waals surface area contributed by atoms with E-state index in [1.807, 2.05) is 47.0 Å². The average molecular weight is 557 g/mol. The number of anilines is 2. The van der Waals surface area contributed by atoms with Gasteiger partial charge in [0.2, 0.25) is 5.95 Å². The molecule has 0 fully saturated rings. The molecule has 1 amide bonds. The molecule has 10 heteroatoms. The van der Waals surface area contributed by atoms with Crippen LogP contribution in [0, 0.1) is 6.92 Å². The van der Waals surface area contributed by atoms with Crippen LogP contribution in [0.25, 0.3) is 21.7 Å². The minimum absolute atomic E-state index is 0.00300. The van der Waals surface area contributed by atoms with E-state index in [4.69, 9.17) is 9.40 Å². The van der Waals surface area contributed by atoms with E-state index >= 15 is 0 Å². The molecule has 2 aromatic carbocycles. The van der Waals surface area contributed by atoms with Crippen molar-refractivity contribution in [2.45, 2.75) is 39.8 Å². The normalized spacial score (nSPS) is 11.6. The summed E-state index contributed by atoms with van der Waals surface area (Å²) in [5, 5.41) is 9.70. The number of hydrogen-bond donors (Lipinski definition) is 3. The molecule has 0 saturated carbocycles. The molecule has 0 saturated heterocycles. The smallest absolute Gasteiger partial charge is 0.268 e. The molecule has 3 aromatic heterocycles. The van der Waals surface area contributed by atoms with Crippen LogP contribution < -0.4 is 16.0 Å². The summed E-state index contributed by atoms with van der Waals surface area (Å²) >= 11 is 1.33. The van der Waals surface area contributed by atoms with Crippen molar-refractivity contribution in [1.29, 1.82) is 0 Å². The predicted octanol–water partition coefficient (Wildman–Crippen LogP) is 6.00. The summed E-state index contributed by atoms with van der Waals surface area (Å²) in [4.78, 5) is 36.1. The zero-order valence-electron chi connectivity index (χ0n) is 22.9. The average Bonchev–Trinajstić information content (AvgIpc) is 3.66. The van der Waals surface area contributed by atoms with Crippen molar-refractivity contribution in [3.05, 3.63) is 83.2 Å². The van der Waals surface area contributed by atoms with Crippen LogP contribution in [0.2, 0.25) is 0 Å². The second-order valence-electron chi connectivity index (χ2n) is 10.5. The van der Waals surface area contributed by atoms with Gasteiger partial charge in [-0.3, -0.25) is 14.9 Å². The van der Waals surface area contributed by atoms with Crippen molar-refractivity contribution in [2.75, 3.05) is 23.7 Å². The van der Waals surface area contributed by atoms with Gasteiger partial charge in [-0.15, -0.1) is 11.3 Å². The van der Waals surface area contributed by atoms with Crippen LogP contribution in [0.3, 0.4) is 0 Å². The van der Waals surface area contributed by atoms with Gasteiger partial charge < -0.3 is 19.6 Å². The summed E-state index contributed by atoms with van der Waals surface area (Å²) < 4.78 is 7.60. The Bertz CT molecular complexity index is 1640. The molecule has 5 aromatic rings. The summed E-state index contributed by atoms with van der Waals surface area (Å²) in [5.74, 6) is 1.42. The van der Waals surface area contributed by atoms with E-state index in [0.717, 1.165) is 16.1 Å². The van der Waals surface area contributed by atoms with Gasteiger partial charge >= 0.3 is 0 Å². The molecular formula is C30H32N6O3S. The number of fused-ring (bicyclic) bond motifs is 1. The van der Waals surface area contributed by atoms with Crippen molar-refractivity contribution in [3.63, 3.8) is 0 Å². The highest BCUT2D eigenvalue weighted by molar-refractivity contribution is 7.17. The Kier molecular flexibility index (Phi) is 7.81. The number of carbonyl (C=O) groups excluding carboxylic acids is 2. The maximum Gasteiger partial charge on any atom is 0.268 e. The summed E-state index contributed by atoms with van der Waals surface area (Å²) in [6.07, 6.45) is 1.66. The zero-order chi connectivity index (χ0) is 28.3. The lowest BCUT2D eigenvalue weighted by Gasteiger charge is -2.21. The van der Waals surface area contributed by atoms with E-state index in [1.54, 1.807) is 31.3 Å². The van der Waals surface area contributed by atoms with Crippen LogP contribution in [0.4, 0.5) is 11.6 Å². The second-order valence-corrected chi connectivity index (χ2v) is 11.6. The fourth-order valence-electron chi connectivity index (χ4n) is 4.24. The number of oxazole rings is 1. The monoisotopic (exact) mass is 556 g/mol. The molecule has 0 aliphatic rings. The molecule has 9 nitrogen and oxygen atoms in total. The summed E-state index contributed by atoms with van der Waals surface area (Å²) in [6, 6.07) is 18.6. The van der Waals surface area contributed by atoms with Crippen LogP contribution in [0.15, 0.2) is 71.3 Å². The first kappa shape index (κ1) is 27.3. The molecule has 40 heavy (non-hydrogen) atoms. The van der Waals surface area contributed by atoms with Gasteiger partial charge in [-0.25, -0.2) is 9.97 Å². The quantitative estimate of drug-likeness (QED) is 0.181. The first-order valence-corrected chi connectivity index (χ1v) is 13.9. The van der Waals surface area contributed by atoms with E-state index < -0.39 is 0 Å². The number of rotatable bonds is 10. The van der Waals surface area contributed by atoms with E-state index in [1.165, 1.54) is 11.3 Å². The fourth-order valence-corrected chi connectivity index (χ4v) is 5.09. The Hall–Kier alpha value is -4.28. The number of aromatic nitrogens is 3. The van der Waals surface area contributed by atoms with E-state index in [2.05, 4.69) is 41.7 Å². The number of aryl methyl sites for hydroxylation is 1. The van der Waals surface area contributed by atoms with E-state index in [9.17, 15) is 9.59 Å². The highest BCUT2D eigenvalue weighted by Gasteiger charge is 2.18. The third-order valence-corrected chi connectivity index (χ3v) is 7.31. The van der Waals surface area contributed by atoms with E-state index in [0.29, 0.717) is 46.6 Å². The molecule has 0 radical (unpaired) electrons. The molecule has 3 heterocycles. The van der Waals surface area contributed by atoms with Gasteiger partial charge in [0.15, 0.2) is 17.4 Å². The number of thiophene rings is 1. The van der Waals surface area contributed by atoms with Gasteiger partial charge in [0.05, 0.1) is 33.5 Å². The maximum absolute atomic E-state index is 13.2. The Morgan fingerprint density at radius 2 is 1.85 bits per heavy atom. The third kappa shape index (κ3) is 6.47. The second kappa shape index (κ2) is 11.4. The van der Waals surface area contributed by atoms with Gasteiger partial charge in [-0.05, 0) is 51.1 Å². The van der Waals surface area contributed by atoms with Gasteiger partial charge in [-0.1, -0.05) is 30.3 Å². The molecule has 5 rings (SSSR count). The summed E-state index contributed by atoms with van der Waals surface area (Å²) in [5.41, 5.74) is 2.99. The minimum Gasteiger partial charge on any atom is -0.440 e. The topological polar surface area (TPSA) is 114 Å². The molecule has 0 bridgehead atoms. The van der Waals surface area contributed by atoms with Crippen molar-refractivity contribution in [1.82, 2.24) is 19.9 Å². The van der Waals surface area contributed by atoms with Crippen molar-refractivity contribution >= 4 is 45.7 Å². The number of benzene rings is 2. The van der Waals surface area contributed by atoms with Gasteiger partial charge in [0.25, 0.3) is 5.91 Å². The van der Waals surface area contributed by atoms with Gasteiger partial charge in [0, 0.05) is 36.8 Å². The van der Waals surface area contributed by atoms with Gasteiger partial charge in [0.1, 0.15) is 0 Å². The Morgan fingerprint density at radius 1 is 1.05 bits per heavy atom. The standard InChI is InChI=1S/C30H32N6O3S/c1-19-31-18-25(39-19)26-12-13-27(40-26)28(38)35-29-34-22-16-21(32-17-24(37)20-8-6-5-7-9-20)10-11-23(22)36(29)15-14-33-30(2,3)4/h5-13,16,18,32-33H,14-15,17H2,1-4H3,(H,34,35,38). The van der Waals surface area contributed by atoms with Crippen LogP contribution in [-0.2, 0) is 6.54 Å². The van der Waals surface area contributed by atoms with Crippen LogP contribution in [-0.4, -0.2) is 44.9 Å². The number of nitrogens with zero attached hydrogens (tertiary/aromatic N) is 3. The molecule has 0 aliphatic heterocycles. The summed E-state index contributed by atoms with van der Waals surface area (Å²) in [7, 11) is 0. The van der Waals surface area contributed by atoms with Gasteiger partial charge in [-0.2, -0.15) is 0 Å². The van der Waals surface area contributed by atoms with E-state index in [-0.39, 0.29) is 23.8 Å². The van der Waals surface area contributed by atoms with Crippen LogP contribution in [0.1, 0.15) is 46.7 Å². The van der Waals surface area contributed by atoms with Crippen molar-refractivity contribution in [2.24, 2.45) is 0 Å². The number of carbonyl (C=O) groups is 2. The highest BCUT2D eigenvalue weighted by Crippen LogP contribution is 2.30. The third-order valence-electron chi connectivity index (χ3n) is 6.21. The van der Waals surface area contributed by atoms with Crippen molar-refractivity contribution in [3.8, 4) is 10.6 Å². The highest BCUT2D eigenvalue weighted by atomic mass is 32.1. The zero-order valence-corrected chi connectivity index (χ0v) is 23.8. The SMILES string of the molecule is Cc1ncc(-c2ccc(C(=O)Nc3nc4cc(NCC(=O)c5ccccc5)ccc4n3CCNC(C)(C)C)s2)o1. The first-order valence-electron chi connectivity index (χ1n) is 13.1. The minimum atomic E-state index is -0.250. The lowest BCUT2D eigenvalue weighted by Crippen LogP contribution is -2.38. The summed E-state index contributed by atoms with van der Waals surface area (Å²) in [6.45, 7) is 9.59. The Balaban J connectivity index is 1.37. The number of nitrogens with one attached hydrogen (secondary N) is 3. The predicted molar refractivity (Wildman–Crippen MR) is 159 cm³/mol. The molecule has 0 aliphatic carbocycles. The maximum atomic E-state index is 13.2. The lowest BCUT2D eigenvalue weighted by atomic mass is 10.1. The molecule has 206 valence electrons. The number of Topliss-reactive ketones (excluding diaryl/α,β-unsaturated/α-hetero) is 1. The Morgan fingerprint density at radius 3 is 2.58 bits per heavy atom. The molecule has 3 N–H and O–H groups in total. The number of imidazole rings is 1. The fraction of sp³-hybridized carbons (Fsp3) is 0.267.